The lowest BCUT2D eigenvalue weighted by Gasteiger charge is -2.28. The molecular formula is C24H19N3O5. The second-order valence-electron chi connectivity index (χ2n) is 7.86. The number of anilines is 2. The van der Waals surface area contributed by atoms with E-state index in [1.165, 1.54) is 24.3 Å². The summed E-state index contributed by atoms with van der Waals surface area (Å²) in [5, 5.41) is 12.8. The molecule has 3 atom stereocenters. The molecular weight excluding hydrogens is 410 g/mol. The monoisotopic (exact) mass is 429 g/mol. The topological polar surface area (TPSA) is 93.0 Å². The summed E-state index contributed by atoms with van der Waals surface area (Å²) in [5.41, 5.74) is 2.62. The van der Waals surface area contributed by atoms with E-state index in [1.54, 1.807) is 5.06 Å². The summed E-state index contributed by atoms with van der Waals surface area (Å²) in [4.78, 5) is 44.5. The number of fused-ring (bicyclic) bond motifs is 1. The molecule has 0 unspecified atom stereocenters. The van der Waals surface area contributed by atoms with Crippen LogP contribution in [-0.4, -0.2) is 22.8 Å². The second kappa shape index (κ2) is 7.58. The molecule has 160 valence electrons. The minimum Gasteiger partial charge on any atom is -0.273 e. The molecule has 2 aliphatic heterocycles. The van der Waals surface area contributed by atoms with Crippen molar-refractivity contribution in [1.82, 2.24) is 0 Å². The lowest BCUT2D eigenvalue weighted by Crippen LogP contribution is -2.37. The van der Waals surface area contributed by atoms with Gasteiger partial charge in [-0.1, -0.05) is 54.1 Å². The van der Waals surface area contributed by atoms with E-state index in [-0.39, 0.29) is 11.4 Å². The maximum absolute atomic E-state index is 13.5. The molecule has 2 amide bonds. The molecule has 3 aromatic rings. The van der Waals surface area contributed by atoms with Gasteiger partial charge < -0.3 is 0 Å². The molecule has 0 bridgehead atoms. The number of carbonyl (C=O) groups is 2. The Balaban J connectivity index is 1.57. The first-order valence-corrected chi connectivity index (χ1v) is 10.2. The maximum Gasteiger partial charge on any atom is 0.271 e. The fourth-order valence-electron chi connectivity index (χ4n) is 4.32. The van der Waals surface area contributed by atoms with E-state index in [2.05, 4.69) is 0 Å². The van der Waals surface area contributed by atoms with E-state index in [9.17, 15) is 19.7 Å². The number of imide groups is 1. The zero-order chi connectivity index (χ0) is 22.4. The third kappa shape index (κ3) is 3.12. The lowest BCUT2D eigenvalue weighted by molar-refractivity contribution is -0.384. The zero-order valence-electron chi connectivity index (χ0n) is 17.1. The Morgan fingerprint density at radius 3 is 2.25 bits per heavy atom. The van der Waals surface area contributed by atoms with Gasteiger partial charge in [-0.3, -0.25) is 24.5 Å². The maximum atomic E-state index is 13.5. The summed E-state index contributed by atoms with van der Waals surface area (Å²) in [5.74, 6) is -1.76. The molecule has 32 heavy (non-hydrogen) atoms. The van der Waals surface area contributed by atoms with Crippen LogP contribution in [0.3, 0.4) is 0 Å². The third-order valence-corrected chi connectivity index (χ3v) is 5.84. The highest BCUT2D eigenvalue weighted by molar-refractivity contribution is 6.24. The van der Waals surface area contributed by atoms with E-state index in [4.69, 9.17) is 4.84 Å². The summed E-state index contributed by atoms with van der Waals surface area (Å²) in [6.45, 7) is 1.97. The molecule has 3 aromatic carbocycles. The van der Waals surface area contributed by atoms with Crippen molar-refractivity contribution in [1.29, 1.82) is 0 Å². The van der Waals surface area contributed by atoms with Crippen molar-refractivity contribution in [3.8, 4) is 0 Å². The minimum atomic E-state index is -1.02. The number of hydrogen-bond donors (Lipinski definition) is 0. The Morgan fingerprint density at radius 1 is 0.875 bits per heavy atom. The van der Waals surface area contributed by atoms with E-state index in [0.717, 1.165) is 21.7 Å². The number of amides is 2. The molecule has 8 nitrogen and oxygen atoms in total. The van der Waals surface area contributed by atoms with E-state index in [0.29, 0.717) is 0 Å². The average molecular weight is 429 g/mol. The molecule has 0 spiro atoms. The number of para-hydroxylation sites is 1. The van der Waals surface area contributed by atoms with Crippen molar-refractivity contribution in [2.45, 2.75) is 19.1 Å². The first kappa shape index (κ1) is 19.9. The Labute approximate surface area is 183 Å². The van der Waals surface area contributed by atoms with Crippen LogP contribution < -0.4 is 9.96 Å². The van der Waals surface area contributed by atoms with Crippen molar-refractivity contribution in [2.75, 3.05) is 9.96 Å². The van der Waals surface area contributed by atoms with Crippen LogP contribution in [0, 0.1) is 23.0 Å². The van der Waals surface area contributed by atoms with Gasteiger partial charge in [-0.2, -0.15) is 0 Å². The van der Waals surface area contributed by atoms with Gasteiger partial charge in [0.25, 0.3) is 11.6 Å². The SMILES string of the molecule is Cc1ccc([C@@H]2[C@H]3C(=O)N(c4cccc([N+](=O)[O-])c4)C(=O)[C@@H]3ON2c2ccccc2)cc1. The van der Waals surface area contributed by atoms with E-state index >= 15 is 0 Å². The van der Waals surface area contributed by atoms with Gasteiger partial charge in [0.1, 0.15) is 5.92 Å². The van der Waals surface area contributed by atoms with Crippen LogP contribution in [0.2, 0.25) is 0 Å². The van der Waals surface area contributed by atoms with Gasteiger partial charge in [-0.15, -0.1) is 0 Å². The quantitative estimate of drug-likeness (QED) is 0.354. The van der Waals surface area contributed by atoms with Crippen LogP contribution >= 0.6 is 0 Å². The summed E-state index contributed by atoms with van der Waals surface area (Å²) >= 11 is 0. The predicted octanol–water partition coefficient (Wildman–Crippen LogP) is 3.95. The number of carbonyl (C=O) groups excluding carboxylic acids is 2. The van der Waals surface area contributed by atoms with Crippen molar-refractivity contribution in [3.63, 3.8) is 0 Å². The molecule has 0 radical (unpaired) electrons. The van der Waals surface area contributed by atoms with Crippen LogP contribution in [0.4, 0.5) is 17.1 Å². The molecule has 0 aliphatic carbocycles. The van der Waals surface area contributed by atoms with E-state index in [1.807, 2.05) is 61.5 Å². The van der Waals surface area contributed by atoms with Crippen molar-refractivity contribution >= 4 is 28.9 Å². The van der Waals surface area contributed by atoms with Gasteiger partial charge in [-0.05, 0) is 30.7 Å². The number of nitro benzene ring substituents is 1. The summed E-state index contributed by atoms with van der Waals surface area (Å²) < 4.78 is 0. The number of hydrogen-bond acceptors (Lipinski definition) is 6. The van der Waals surface area contributed by atoms with Gasteiger partial charge >= 0.3 is 0 Å². The standard InChI is InChI=1S/C24H19N3O5/c1-15-10-12-16(13-11-15)21-20-22(32-26(21)17-6-3-2-4-7-17)24(29)25(23(20)28)18-8-5-9-19(14-18)27(30)31/h2-14,20-22H,1H3/t20-,21-,22-/m1/s1. The predicted molar refractivity (Wildman–Crippen MR) is 117 cm³/mol. The van der Waals surface area contributed by atoms with Crippen LogP contribution in [0.1, 0.15) is 17.2 Å². The molecule has 2 heterocycles. The normalized spacial score (nSPS) is 22.3. The number of non-ortho nitro benzene ring substituents is 1. The van der Waals surface area contributed by atoms with Gasteiger partial charge in [0, 0.05) is 12.1 Å². The molecule has 2 fully saturated rings. The summed E-state index contributed by atoms with van der Waals surface area (Å²) in [6, 6.07) is 22.1. The smallest absolute Gasteiger partial charge is 0.271 e. The fraction of sp³-hybridized carbons (Fsp3) is 0.167. The summed E-state index contributed by atoms with van der Waals surface area (Å²) in [7, 11) is 0. The molecule has 2 saturated heterocycles. The largest absolute Gasteiger partial charge is 0.273 e. The lowest BCUT2D eigenvalue weighted by atomic mass is 9.90. The van der Waals surface area contributed by atoms with Crippen LogP contribution in [0.25, 0.3) is 0 Å². The number of nitrogens with zero attached hydrogens (tertiary/aromatic N) is 3. The van der Waals surface area contributed by atoms with Crippen molar-refractivity contribution in [2.24, 2.45) is 5.92 Å². The van der Waals surface area contributed by atoms with Crippen LogP contribution in [0.5, 0.6) is 0 Å². The Morgan fingerprint density at radius 2 is 1.56 bits per heavy atom. The fourth-order valence-corrected chi connectivity index (χ4v) is 4.32. The Kier molecular flexibility index (Phi) is 4.71. The van der Waals surface area contributed by atoms with Gasteiger partial charge in [-0.25, -0.2) is 9.96 Å². The van der Waals surface area contributed by atoms with Gasteiger partial charge in [0.05, 0.1) is 22.3 Å². The van der Waals surface area contributed by atoms with Crippen LogP contribution in [-0.2, 0) is 14.4 Å². The minimum absolute atomic E-state index is 0.168. The zero-order valence-corrected chi connectivity index (χ0v) is 17.1. The van der Waals surface area contributed by atoms with Gasteiger partial charge in [0.2, 0.25) is 5.91 Å². The highest BCUT2D eigenvalue weighted by atomic mass is 16.7. The highest BCUT2D eigenvalue weighted by Crippen LogP contribution is 2.47. The Hall–Kier alpha value is -4.04. The molecule has 8 heteroatoms. The first-order chi connectivity index (χ1) is 15.5. The Bertz CT molecular complexity index is 1210. The van der Waals surface area contributed by atoms with Gasteiger partial charge in [0.15, 0.2) is 6.10 Å². The molecule has 0 aromatic heterocycles. The highest BCUT2D eigenvalue weighted by Gasteiger charge is 2.60. The number of nitro groups is 1. The molecule has 2 aliphatic rings. The number of benzene rings is 3. The number of aryl methyl sites for hydroxylation is 1. The molecule has 5 rings (SSSR count). The molecule has 0 saturated carbocycles. The van der Waals surface area contributed by atoms with Crippen molar-refractivity contribution < 1.29 is 19.3 Å². The number of rotatable bonds is 4. The number of hydroxylamine groups is 1. The first-order valence-electron chi connectivity index (χ1n) is 10.2. The summed E-state index contributed by atoms with van der Waals surface area (Å²) in [6.07, 6.45) is -1.02. The van der Waals surface area contributed by atoms with Crippen LogP contribution in [0.15, 0.2) is 78.9 Å². The van der Waals surface area contributed by atoms with E-state index < -0.39 is 34.8 Å². The van der Waals surface area contributed by atoms with Crippen molar-refractivity contribution in [3.05, 3.63) is 100 Å². The average Bonchev–Trinajstić information content (AvgIpc) is 3.31. The molecule has 0 N–H and O–H groups in total. The third-order valence-electron chi connectivity index (χ3n) is 5.84. The second-order valence-corrected chi connectivity index (χ2v) is 7.86.